The molecule has 1 aliphatic carbocycles. The molecule has 2 rings (SSSR count). The lowest BCUT2D eigenvalue weighted by Gasteiger charge is -2.37. The molecule has 2 aliphatic rings. The molecule has 0 radical (unpaired) electrons. The van der Waals surface area contributed by atoms with E-state index < -0.39 is 0 Å². The summed E-state index contributed by atoms with van der Waals surface area (Å²) in [5, 5.41) is 0. The normalized spacial score (nSPS) is 31.2. The number of nitrogens with zero attached hydrogens (tertiary/aromatic N) is 1. The molecule has 1 heteroatoms. The van der Waals surface area contributed by atoms with Gasteiger partial charge in [-0.15, -0.1) is 0 Å². The Morgan fingerprint density at radius 1 is 1.13 bits per heavy atom. The molecule has 0 aromatic rings. The van der Waals surface area contributed by atoms with Crippen molar-refractivity contribution in [2.75, 3.05) is 13.1 Å². The minimum Gasteiger partial charge on any atom is -0.301 e. The molecule has 0 aromatic heterocycles. The maximum absolute atomic E-state index is 2.64. The van der Waals surface area contributed by atoms with Gasteiger partial charge in [0, 0.05) is 6.04 Å². The molecule has 1 spiro atoms. The van der Waals surface area contributed by atoms with Gasteiger partial charge in [0.25, 0.3) is 0 Å². The molecule has 15 heavy (non-hydrogen) atoms. The number of likely N-dealkylation sites (tertiary alicyclic amines) is 1. The van der Waals surface area contributed by atoms with Gasteiger partial charge in [-0.1, -0.05) is 20.8 Å². The van der Waals surface area contributed by atoms with Crippen LogP contribution in [0.4, 0.5) is 0 Å². The second kappa shape index (κ2) is 3.48. The van der Waals surface area contributed by atoms with Crippen LogP contribution in [0.1, 0.15) is 53.9 Å². The van der Waals surface area contributed by atoms with Gasteiger partial charge < -0.3 is 4.90 Å². The molecule has 1 aliphatic heterocycles. The molecule has 0 bridgehead atoms. The maximum Gasteiger partial charge on any atom is 0.00385 e. The Morgan fingerprint density at radius 3 is 2.00 bits per heavy atom. The fourth-order valence-corrected chi connectivity index (χ4v) is 3.61. The Morgan fingerprint density at radius 2 is 1.67 bits per heavy atom. The number of hydrogen-bond donors (Lipinski definition) is 0. The minimum absolute atomic E-state index is 0.542. The number of hydrogen-bond acceptors (Lipinski definition) is 1. The van der Waals surface area contributed by atoms with Gasteiger partial charge in [-0.05, 0) is 62.9 Å². The van der Waals surface area contributed by atoms with Gasteiger partial charge in [-0.25, -0.2) is 0 Å². The zero-order valence-electron chi connectivity index (χ0n) is 11.1. The standard InChI is InChI=1S/C14H27N/c1-11(2)15-8-6-14(7-9-15)10-12(14)13(3,4)5/h11-12H,6-10H2,1-5H3. The zero-order valence-corrected chi connectivity index (χ0v) is 11.1. The van der Waals surface area contributed by atoms with Crippen molar-refractivity contribution in [1.82, 2.24) is 4.90 Å². The average Bonchev–Trinajstić information content (AvgIpc) is 2.80. The van der Waals surface area contributed by atoms with E-state index >= 15 is 0 Å². The first-order valence-electron chi connectivity index (χ1n) is 6.59. The van der Waals surface area contributed by atoms with Crippen molar-refractivity contribution in [3.63, 3.8) is 0 Å². The third kappa shape index (κ3) is 2.08. The van der Waals surface area contributed by atoms with Gasteiger partial charge in [0.1, 0.15) is 0 Å². The van der Waals surface area contributed by atoms with Gasteiger partial charge in [0.05, 0.1) is 0 Å². The first kappa shape index (κ1) is 11.4. The maximum atomic E-state index is 2.64. The number of rotatable bonds is 1. The van der Waals surface area contributed by atoms with E-state index in [1.54, 1.807) is 0 Å². The van der Waals surface area contributed by atoms with E-state index in [2.05, 4.69) is 39.5 Å². The molecular formula is C14H27N. The average molecular weight is 209 g/mol. The number of piperidine rings is 1. The third-order valence-electron chi connectivity index (χ3n) is 4.76. The molecular weight excluding hydrogens is 182 g/mol. The van der Waals surface area contributed by atoms with Crippen molar-refractivity contribution in [3.05, 3.63) is 0 Å². The Hall–Kier alpha value is -0.0400. The van der Waals surface area contributed by atoms with Gasteiger partial charge in [-0.3, -0.25) is 0 Å². The highest BCUT2D eigenvalue weighted by molar-refractivity contribution is 5.08. The van der Waals surface area contributed by atoms with E-state index in [0.717, 1.165) is 17.4 Å². The molecule has 1 heterocycles. The van der Waals surface area contributed by atoms with Crippen LogP contribution in [0.2, 0.25) is 0 Å². The van der Waals surface area contributed by atoms with Crippen molar-refractivity contribution in [1.29, 1.82) is 0 Å². The highest BCUT2D eigenvalue weighted by Gasteiger charge is 2.58. The van der Waals surface area contributed by atoms with Gasteiger partial charge in [0.2, 0.25) is 0 Å². The fraction of sp³-hybridized carbons (Fsp3) is 1.00. The summed E-state index contributed by atoms with van der Waals surface area (Å²) in [7, 11) is 0. The summed E-state index contributed by atoms with van der Waals surface area (Å²) in [6, 6.07) is 0.745. The highest BCUT2D eigenvalue weighted by Crippen LogP contribution is 2.65. The Balaban J connectivity index is 1.91. The lowest BCUT2D eigenvalue weighted by molar-refractivity contribution is 0.117. The smallest absolute Gasteiger partial charge is 0.00385 e. The van der Waals surface area contributed by atoms with Crippen LogP contribution >= 0.6 is 0 Å². The molecule has 1 saturated carbocycles. The SMILES string of the molecule is CC(C)N1CCC2(CC1)CC2C(C)(C)C. The van der Waals surface area contributed by atoms with Crippen LogP contribution in [0.15, 0.2) is 0 Å². The van der Waals surface area contributed by atoms with Crippen LogP contribution < -0.4 is 0 Å². The van der Waals surface area contributed by atoms with Crippen molar-refractivity contribution in [3.8, 4) is 0 Å². The van der Waals surface area contributed by atoms with Crippen LogP contribution in [0.5, 0.6) is 0 Å². The molecule has 1 nitrogen and oxygen atoms in total. The summed E-state index contributed by atoms with van der Waals surface area (Å²) in [5.74, 6) is 0.999. The Kier molecular flexibility index (Phi) is 2.65. The first-order valence-corrected chi connectivity index (χ1v) is 6.59. The molecule has 1 saturated heterocycles. The zero-order chi connectivity index (χ0) is 11.3. The molecule has 0 aromatic carbocycles. The predicted molar refractivity (Wildman–Crippen MR) is 65.9 cm³/mol. The quantitative estimate of drug-likeness (QED) is 0.638. The van der Waals surface area contributed by atoms with E-state index in [0.29, 0.717) is 5.41 Å². The summed E-state index contributed by atoms with van der Waals surface area (Å²) < 4.78 is 0. The van der Waals surface area contributed by atoms with E-state index in [1.165, 1.54) is 32.4 Å². The molecule has 1 atom stereocenters. The molecule has 0 amide bonds. The van der Waals surface area contributed by atoms with Crippen LogP contribution in [-0.4, -0.2) is 24.0 Å². The second-order valence-electron chi connectivity index (χ2n) is 7.11. The van der Waals surface area contributed by atoms with E-state index in [9.17, 15) is 0 Å². The van der Waals surface area contributed by atoms with Gasteiger partial charge in [0.15, 0.2) is 0 Å². The second-order valence-corrected chi connectivity index (χ2v) is 7.11. The van der Waals surface area contributed by atoms with Gasteiger partial charge in [-0.2, -0.15) is 0 Å². The monoisotopic (exact) mass is 209 g/mol. The molecule has 1 unspecified atom stereocenters. The van der Waals surface area contributed by atoms with Crippen molar-refractivity contribution < 1.29 is 0 Å². The lowest BCUT2D eigenvalue weighted by atomic mass is 9.80. The largest absolute Gasteiger partial charge is 0.301 e. The molecule has 0 N–H and O–H groups in total. The summed E-state index contributed by atoms with van der Waals surface area (Å²) in [4.78, 5) is 2.64. The van der Waals surface area contributed by atoms with Crippen molar-refractivity contribution >= 4 is 0 Å². The lowest BCUT2D eigenvalue weighted by Crippen LogP contribution is -2.40. The van der Waals surface area contributed by atoms with E-state index in [4.69, 9.17) is 0 Å². The third-order valence-corrected chi connectivity index (χ3v) is 4.76. The topological polar surface area (TPSA) is 3.24 Å². The minimum atomic E-state index is 0.542. The Bertz CT molecular complexity index is 228. The summed E-state index contributed by atoms with van der Waals surface area (Å²) in [5.41, 5.74) is 1.30. The van der Waals surface area contributed by atoms with E-state index in [-0.39, 0.29) is 0 Å². The van der Waals surface area contributed by atoms with Crippen LogP contribution in [0.25, 0.3) is 0 Å². The van der Waals surface area contributed by atoms with Crippen LogP contribution in [-0.2, 0) is 0 Å². The van der Waals surface area contributed by atoms with Crippen molar-refractivity contribution in [2.24, 2.45) is 16.7 Å². The van der Waals surface area contributed by atoms with Crippen LogP contribution in [0, 0.1) is 16.7 Å². The summed E-state index contributed by atoms with van der Waals surface area (Å²) in [6.45, 7) is 14.6. The fourth-order valence-electron chi connectivity index (χ4n) is 3.61. The molecule has 2 fully saturated rings. The highest BCUT2D eigenvalue weighted by atomic mass is 15.2. The van der Waals surface area contributed by atoms with Gasteiger partial charge >= 0.3 is 0 Å². The molecule has 88 valence electrons. The summed E-state index contributed by atoms with van der Waals surface area (Å²) >= 11 is 0. The predicted octanol–water partition coefficient (Wildman–Crippen LogP) is 3.54. The first-order chi connectivity index (χ1) is 6.85. The Labute approximate surface area is 95.2 Å². The van der Waals surface area contributed by atoms with E-state index in [1.807, 2.05) is 0 Å². The summed E-state index contributed by atoms with van der Waals surface area (Å²) in [6.07, 6.45) is 4.41. The van der Waals surface area contributed by atoms with Crippen molar-refractivity contribution in [2.45, 2.75) is 59.9 Å². The van der Waals surface area contributed by atoms with Crippen LogP contribution in [0.3, 0.4) is 0 Å².